The molecule has 0 heterocycles. The molecular weight excluding hydrogens is 222 g/mol. The summed E-state index contributed by atoms with van der Waals surface area (Å²) in [6.45, 7) is 6.69. The normalized spacial score (nSPS) is 13.8. The van der Waals surface area contributed by atoms with Gasteiger partial charge in [0.25, 0.3) is 0 Å². The quantitative estimate of drug-likeness (QED) is 0.513. The summed E-state index contributed by atoms with van der Waals surface area (Å²) in [6, 6.07) is 0. The highest BCUT2D eigenvalue weighted by Crippen LogP contribution is 2.24. The molecule has 1 unspecified atom stereocenters. The van der Waals surface area contributed by atoms with Crippen molar-refractivity contribution < 1.29 is 5.11 Å². The molecule has 110 valence electrons. The van der Waals surface area contributed by atoms with Crippen LogP contribution in [0.15, 0.2) is 0 Å². The van der Waals surface area contributed by atoms with Gasteiger partial charge in [-0.2, -0.15) is 0 Å². The lowest BCUT2D eigenvalue weighted by Gasteiger charge is -2.30. The van der Waals surface area contributed by atoms with E-state index in [4.69, 9.17) is 10.8 Å². The summed E-state index contributed by atoms with van der Waals surface area (Å²) in [6.07, 6.45) is 12.9. The Labute approximate surface area is 114 Å². The van der Waals surface area contributed by atoms with Gasteiger partial charge < -0.3 is 10.8 Å². The van der Waals surface area contributed by atoms with Gasteiger partial charge in [0.05, 0.1) is 0 Å². The summed E-state index contributed by atoms with van der Waals surface area (Å²) in [5, 5.41) is 9.07. The highest BCUT2D eigenvalue weighted by molar-refractivity contribution is 4.81. The summed E-state index contributed by atoms with van der Waals surface area (Å²) in [5.74, 6) is 0.461. The van der Waals surface area contributed by atoms with Crippen molar-refractivity contribution in [1.82, 2.24) is 0 Å². The third-order valence-electron chi connectivity index (χ3n) is 3.94. The molecule has 0 radical (unpaired) electrons. The second-order valence-corrected chi connectivity index (χ2v) is 6.29. The Hall–Kier alpha value is -0.0800. The molecule has 0 saturated heterocycles. The maximum Gasteiger partial charge on any atom is 0.0434 e. The molecule has 0 aromatic heterocycles. The second kappa shape index (κ2) is 10.8. The van der Waals surface area contributed by atoms with E-state index in [0.29, 0.717) is 5.92 Å². The molecule has 18 heavy (non-hydrogen) atoms. The smallest absolute Gasteiger partial charge is 0.0434 e. The van der Waals surface area contributed by atoms with Gasteiger partial charge in [0, 0.05) is 12.1 Å². The van der Waals surface area contributed by atoms with Crippen LogP contribution in [0.2, 0.25) is 0 Å². The van der Waals surface area contributed by atoms with Gasteiger partial charge in [-0.1, -0.05) is 58.3 Å². The van der Waals surface area contributed by atoms with Crippen molar-refractivity contribution in [2.45, 2.75) is 90.5 Å². The average Bonchev–Trinajstić information content (AvgIpc) is 2.30. The first-order chi connectivity index (χ1) is 8.52. The molecule has 0 amide bonds. The SMILES string of the molecule is CCCCCCCCCCC(CCO)C(C)(C)N. The zero-order valence-corrected chi connectivity index (χ0v) is 12.9. The fourth-order valence-electron chi connectivity index (χ4n) is 2.57. The molecule has 1 atom stereocenters. The van der Waals surface area contributed by atoms with Crippen molar-refractivity contribution >= 4 is 0 Å². The number of hydrogen-bond acceptors (Lipinski definition) is 2. The molecule has 0 aliphatic carbocycles. The topological polar surface area (TPSA) is 46.2 Å². The molecule has 0 rings (SSSR count). The number of nitrogens with two attached hydrogens (primary N) is 1. The number of rotatable bonds is 12. The van der Waals surface area contributed by atoms with E-state index in [2.05, 4.69) is 20.8 Å². The third kappa shape index (κ3) is 9.90. The van der Waals surface area contributed by atoms with Crippen molar-refractivity contribution in [1.29, 1.82) is 0 Å². The van der Waals surface area contributed by atoms with Crippen LogP contribution < -0.4 is 5.73 Å². The molecule has 0 aromatic rings. The van der Waals surface area contributed by atoms with Gasteiger partial charge in [-0.05, 0) is 32.6 Å². The fourth-order valence-corrected chi connectivity index (χ4v) is 2.57. The molecule has 0 aromatic carbocycles. The van der Waals surface area contributed by atoms with Gasteiger partial charge in [-0.15, -0.1) is 0 Å². The monoisotopic (exact) mass is 257 g/mol. The van der Waals surface area contributed by atoms with E-state index < -0.39 is 0 Å². The summed E-state index contributed by atoms with van der Waals surface area (Å²) < 4.78 is 0. The Kier molecular flexibility index (Phi) is 10.8. The Bertz CT molecular complexity index is 174. The second-order valence-electron chi connectivity index (χ2n) is 6.29. The van der Waals surface area contributed by atoms with E-state index in [1.165, 1.54) is 57.8 Å². The molecule has 3 N–H and O–H groups in total. The summed E-state index contributed by atoms with van der Waals surface area (Å²) >= 11 is 0. The average molecular weight is 257 g/mol. The maximum atomic E-state index is 9.07. The van der Waals surface area contributed by atoms with Crippen LogP contribution in [0.1, 0.15) is 85.0 Å². The van der Waals surface area contributed by atoms with Gasteiger partial charge in [-0.3, -0.25) is 0 Å². The Morgan fingerprint density at radius 2 is 1.39 bits per heavy atom. The molecule has 2 heteroatoms. The minimum absolute atomic E-state index is 0.149. The van der Waals surface area contributed by atoms with Crippen molar-refractivity contribution in [2.24, 2.45) is 11.7 Å². The van der Waals surface area contributed by atoms with Crippen molar-refractivity contribution in [2.75, 3.05) is 6.61 Å². The first kappa shape index (κ1) is 17.9. The van der Waals surface area contributed by atoms with E-state index in [1.54, 1.807) is 0 Å². The first-order valence-electron chi connectivity index (χ1n) is 7.92. The van der Waals surface area contributed by atoms with Gasteiger partial charge in [0.2, 0.25) is 0 Å². The Morgan fingerprint density at radius 1 is 0.889 bits per heavy atom. The van der Waals surface area contributed by atoms with Crippen LogP contribution in [0.5, 0.6) is 0 Å². The molecule has 0 saturated carbocycles. The Balaban J connectivity index is 3.50. The zero-order valence-electron chi connectivity index (χ0n) is 12.9. The van der Waals surface area contributed by atoms with Crippen molar-refractivity contribution in [3.63, 3.8) is 0 Å². The Morgan fingerprint density at radius 3 is 1.83 bits per heavy atom. The van der Waals surface area contributed by atoms with Crippen molar-refractivity contribution in [3.8, 4) is 0 Å². The number of aliphatic hydroxyl groups excluding tert-OH is 1. The van der Waals surface area contributed by atoms with E-state index in [0.717, 1.165) is 6.42 Å². The van der Waals surface area contributed by atoms with E-state index in [9.17, 15) is 0 Å². The van der Waals surface area contributed by atoms with E-state index in [-0.39, 0.29) is 12.1 Å². The van der Waals surface area contributed by atoms with E-state index >= 15 is 0 Å². The molecular formula is C16H35NO. The van der Waals surface area contributed by atoms with Gasteiger partial charge in [-0.25, -0.2) is 0 Å². The van der Waals surface area contributed by atoms with Crippen LogP contribution in [0, 0.1) is 5.92 Å². The minimum atomic E-state index is -0.149. The molecule has 0 spiro atoms. The van der Waals surface area contributed by atoms with Crippen LogP contribution >= 0.6 is 0 Å². The zero-order chi connectivity index (χ0) is 13.9. The number of hydrogen-bond donors (Lipinski definition) is 2. The number of unbranched alkanes of at least 4 members (excludes halogenated alkanes) is 7. The largest absolute Gasteiger partial charge is 0.396 e. The fraction of sp³-hybridized carbons (Fsp3) is 1.00. The van der Waals surface area contributed by atoms with Crippen LogP contribution in [-0.4, -0.2) is 17.3 Å². The summed E-state index contributed by atoms with van der Waals surface area (Å²) in [7, 11) is 0. The minimum Gasteiger partial charge on any atom is -0.396 e. The van der Waals surface area contributed by atoms with Crippen molar-refractivity contribution in [3.05, 3.63) is 0 Å². The van der Waals surface area contributed by atoms with Gasteiger partial charge >= 0.3 is 0 Å². The first-order valence-corrected chi connectivity index (χ1v) is 7.92. The van der Waals surface area contributed by atoms with Crippen LogP contribution in [0.4, 0.5) is 0 Å². The lowest BCUT2D eigenvalue weighted by atomic mass is 9.82. The summed E-state index contributed by atoms with van der Waals surface area (Å²) in [5.41, 5.74) is 6.00. The van der Waals surface area contributed by atoms with Crippen LogP contribution in [0.3, 0.4) is 0 Å². The summed E-state index contributed by atoms with van der Waals surface area (Å²) in [4.78, 5) is 0. The molecule has 0 aliphatic heterocycles. The van der Waals surface area contributed by atoms with Crippen LogP contribution in [-0.2, 0) is 0 Å². The third-order valence-corrected chi connectivity index (χ3v) is 3.94. The molecule has 0 fully saturated rings. The predicted octanol–water partition coefficient (Wildman–Crippen LogP) is 4.25. The highest BCUT2D eigenvalue weighted by atomic mass is 16.3. The maximum absolute atomic E-state index is 9.07. The number of aliphatic hydroxyl groups is 1. The molecule has 2 nitrogen and oxygen atoms in total. The molecule has 0 bridgehead atoms. The van der Waals surface area contributed by atoms with E-state index in [1.807, 2.05) is 0 Å². The standard InChI is InChI=1S/C16H35NO/c1-4-5-6-7-8-9-10-11-12-15(13-14-18)16(2,3)17/h15,18H,4-14,17H2,1-3H3. The predicted molar refractivity (Wildman–Crippen MR) is 80.7 cm³/mol. The van der Waals surface area contributed by atoms with Crippen LogP contribution in [0.25, 0.3) is 0 Å². The van der Waals surface area contributed by atoms with Gasteiger partial charge in [0.15, 0.2) is 0 Å². The lowest BCUT2D eigenvalue weighted by Crippen LogP contribution is -2.41. The lowest BCUT2D eigenvalue weighted by molar-refractivity contribution is 0.201. The highest BCUT2D eigenvalue weighted by Gasteiger charge is 2.23. The molecule has 0 aliphatic rings. The van der Waals surface area contributed by atoms with Gasteiger partial charge in [0.1, 0.15) is 0 Å².